The standard InChI is InChI=1S/C21H31N3O7/c1-13(2)20(30)15(8-11-19(28)29)23-21(31)14(3)22-16(25)7-5-4-6-12-24-17(26)9-10-18(24)27/h9-10,13-15H,4-8,11-12H2,1-3H3,(H,22,25)(H,23,31)(H,28,29)/t14-,15-/m0/s1. The van der Waals surface area contributed by atoms with Crippen LogP contribution >= 0.6 is 0 Å². The first kappa shape index (κ1) is 26.0. The van der Waals surface area contributed by atoms with E-state index in [-0.39, 0.29) is 48.7 Å². The number of hydrogen-bond acceptors (Lipinski definition) is 6. The van der Waals surface area contributed by atoms with Gasteiger partial charge in [0, 0.05) is 37.5 Å². The lowest BCUT2D eigenvalue weighted by atomic mass is 9.97. The van der Waals surface area contributed by atoms with Crippen molar-refractivity contribution in [3.05, 3.63) is 12.2 Å². The van der Waals surface area contributed by atoms with Crippen molar-refractivity contribution in [2.45, 2.75) is 71.4 Å². The lowest BCUT2D eigenvalue weighted by Crippen LogP contribution is -2.51. The fraction of sp³-hybridized carbons (Fsp3) is 0.619. The summed E-state index contributed by atoms with van der Waals surface area (Å²) in [5.74, 6) is -3.26. The molecular weight excluding hydrogens is 406 g/mol. The Morgan fingerprint density at radius 3 is 2.10 bits per heavy atom. The van der Waals surface area contributed by atoms with Gasteiger partial charge in [-0.2, -0.15) is 0 Å². The number of nitrogens with zero attached hydrogens (tertiary/aromatic N) is 1. The number of carboxylic acid groups (broad SMARTS) is 1. The summed E-state index contributed by atoms with van der Waals surface area (Å²) in [4.78, 5) is 71.5. The van der Waals surface area contributed by atoms with Crippen LogP contribution in [-0.4, -0.2) is 64.0 Å². The van der Waals surface area contributed by atoms with Gasteiger partial charge in [-0.15, -0.1) is 0 Å². The van der Waals surface area contributed by atoms with Gasteiger partial charge in [0.15, 0.2) is 5.78 Å². The van der Waals surface area contributed by atoms with E-state index in [1.54, 1.807) is 13.8 Å². The minimum absolute atomic E-state index is 0.0176. The summed E-state index contributed by atoms with van der Waals surface area (Å²) in [6.45, 7) is 5.12. The third-order valence-electron chi connectivity index (χ3n) is 4.83. The molecule has 0 fully saturated rings. The van der Waals surface area contributed by atoms with E-state index in [1.807, 2.05) is 0 Å². The maximum absolute atomic E-state index is 12.3. The highest BCUT2D eigenvalue weighted by molar-refractivity contribution is 6.12. The van der Waals surface area contributed by atoms with E-state index in [9.17, 15) is 28.8 Å². The summed E-state index contributed by atoms with van der Waals surface area (Å²) < 4.78 is 0. The van der Waals surface area contributed by atoms with Gasteiger partial charge < -0.3 is 15.7 Å². The summed E-state index contributed by atoms with van der Waals surface area (Å²) in [6.07, 6.45) is 4.08. The van der Waals surface area contributed by atoms with E-state index in [0.717, 1.165) is 4.90 Å². The SMILES string of the molecule is CC(C)C(=O)[C@H](CCC(=O)O)NC(=O)[C@H](C)NC(=O)CCCCCN1C(=O)C=CC1=O. The predicted octanol–water partition coefficient (Wildman–Crippen LogP) is 0.551. The number of Topliss-reactive ketones (excluding diaryl/α,β-unsaturated/α-hetero) is 1. The number of carbonyl (C=O) groups excluding carboxylic acids is 5. The molecule has 31 heavy (non-hydrogen) atoms. The molecule has 10 nitrogen and oxygen atoms in total. The molecule has 3 N–H and O–H groups in total. The molecule has 1 rings (SSSR count). The number of ketones is 1. The van der Waals surface area contributed by atoms with Crippen LogP contribution in [0.2, 0.25) is 0 Å². The molecule has 0 aromatic rings. The fourth-order valence-electron chi connectivity index (χ4n) is 3.02. The largest absolute Gasteiger partial charge is 0.481 e. The van der Waals surface area contributed by atoms with Crippen molar-refractivity contribution in [1.82, 2.24) is 15.5 Å². The number of rotatable bonds is 14. The highest BCUT2D eigenvalue weighted by Crippen LogP contribution is 2.09. The summed E-state index contributed by atoms with van der Waals surface area (Å²) in [7, 11) is 0. The maximum Gasteiger partial charge on any atom is 0.303 e. The number of imide groups is 1. The third kappa shape index (κ3) is 9.10. The van der Waals surface area contributed by atoms with Crippen LogP contribution < -0.4 is 10.6 Å². The minimum Gasteiger partial charge on any atom is -0.481 e. The molecule has 172 valence electrons. The van der Waals surface area contributed by atoms with Gasteiger partial charge in [-0.05, 0) is 26.2 Å². The predicted molar refractivity (Wildman–Crippen MR) is 111 cm³/mol. The van der Waals surface area contributed by atoms with Crippen LogP contribution in [0.15, 0.2) is 12.2 Å². The zero-order chi connectivity index (χ0) is 23.6. The average molecular weight is 437 g/mol. The monoisotopic (exact) mass is 437 g/mol. The second kappa shape index (κ2) is 12.6. The van der Waals surface area contributed by atoms with Crippen molar-refractivity contribution in [1.29, 1.82) is 0 Å². The van der Waals surface area contributed by atoms with Crippen LogP contribution in [0.1, 0.15) is 59.3 Å². The van der Waals surface area contributed by atoms with E-state index >= 15 is 0 Å². The summed E-state index contributed by atoms with van der Waals surface area (Å²) in [5, 5.41) is 13.9. The second-order valence-corrected chi connectivity index (χ2v) is 7.81. The average Bonchev–Trinajstić information content (AvgIpc) is 3.01. The Bertz CT molecular complexity index is 727. The zero-order valence-corrected chi connectivity index (χ0v) is 18.2. The highest BCUT2D eigenvalue weighted by Gasteiger charge is 2.26. The summed E-state index contributed by atoms with van der Waals surface area (Å²) in [6, 6.07) is -1.81. The molecule has 0 spiro atoms. The van der Waals surface area contributed by atoms with Gasteiger partial charge in [0.05, 0.1) is 6.04 Å². The fourth-order valence-corrected chi connectivity index (χ4v) is 3.02. The van der Waals surface area contributed by atoms with Gasteiger partial charge >= 0.3 is 5.97 Å². The topological polar surface area (TPSA) is 150 Å². The van der Waals surface area contributed by atoms with Crippen molar-refractivity contribution in [2.24, 2.45) is 5.92 Å². The highest BCUT2D eigenvalue weighted by atomic mass is 16.4. The normalized spacial score (nSPS) is 15.2. The van der Waals surface area contributed by atoms with E-state index in [1.165, 1.54) is 19.1 Å². The second-order valence-electron chi connectivity index (χ2n) is 7.81. The Morgan fingerprint density at radius 1 is 0.935 bits per heavy atom. The van der Waals surface area contributed by atoms with Crippen molar-refractivity contribution < 1.29 is 33.9 Å². The van der Waals surface area contributed by atoms with E-state index in [0.29, 0.717) is 25.8 Å². The molecule has 0 saturated carbocycles. The molecule has 1 heterocycles. The number of carboxylic acids is 1. The first-order valence-electron chi connectivity index (χ1n) is 10.4. The smallest absolute Gasteiger partial charge is 0.303 e. The van der Waals surface area contributed by atoms with E-state index in [4.69, 9.17) is 5.11 Å². The number of amides is 4. The van der Waals surface area contributed by atoms with Crippen LogP contribution in [0.3, 0.4) is 0 Å². The van der Waals surface area contributed by atoms with Gasteiger partial charge in [-0.25, -0.2) is 0 Å². The van der Waals surface area contributed by atoms with E-state index in [2.05, 4.69) is 10.6 Å². The van der Waals surface area contributed by atoms with Crippen LogP contribution in [0.25, 0.3) is 0 Å². The van der Waals surface area contributed by atoms with Gasteiger partial charge in [0.2, 0.25) is 11.8 Å². The van der Waals surface area contributed by atoms with Gasteiger partial charge in [0.25, 0.3) is 11.8 Å². The number of unbranched alkanes of at least 4 members (excludes halogenated alkanes) is 2. The minimum atomic E-state index is -1.06. The molecular formula is C21H31N3O7. The number of nitrogens with one attached hydrogen (secondary N) is 2. The van der Waals surface area contributed by atoms with Crippen LogP contribution in [0.4, 0.5) is 0 Å². The van der Waals surface area contributed by atoms with Crippen molar-refractivity contribution in [3.8, 4) is 0 Å². The lowest BCUT2D eigenvalue weighted by molar-refractivity contribution is -0.138. The number of carbonyl (C=O) groups is 6. The van der Waals surface area contributed by atoms with Crippen LogP contribution in [0, 0.1) is 5.92 Å². The molecule has 0 bridgehead atoms. The van der Waals surface area contributed by atoms with Gasteiger partial charge in [-0.3, -0.25) is 33.7 Å². The molecule has 0 saturated heterocycles. The Morgan fingerprint density at radius 2 is 1.55 bits per heavy atom. The third-order valence-corrected chi connectivity index (χ3v) is 4.83. The van der Waals surface area contributed by atoms with Gasteiger partial charge in [0.1, 0.15) is 6.04 Å². The quantitative estimate of drug-likeness (QED) is 0.265. The maximum atomic E-state index is 12.3. The van der Waals surface area contributed by atoms with Crippen molar-refractivity contribution in [2.75, 3.05) is 6.54 Å². The molecule has 1 aliphatic rings. The first-order valence-corrected chi connectivity index (χ1v) is 10.4. The molecule has 0 radical (unpaired) electrons. The number of aliphatic carboxylic acids is 1. The molecule has 0 aliphatic carbocycles. The summed E-state index contributed by atoms with van der Waals surface area (Å²) in [5.41, 5.74) is 0. The molecule has 0 aromatic heterocycles. The van der Waals surface area contributed by atoms with Crippen molar-refractivity contribution >= 4 is 35.4 Å². The molecule has 0 aromatic carbocycles. The van der Waals surface area contributed by atoms with Gasteiger partial charge in [-0.1, -0.05) is 20.3 Å². The number of hydrogen-bond donors (Lipinski definition) is 3. The molecule has 2 atom stereocenters. The zero-order valence-electron chi connectivity index (χ0n) is 18.2. The summed E-state index contributed by atoms with van der Waals surface area (Å²) >= 11 is 0. The van der Waals surface area contributed by atoms with E-state index < -0.39 is 24.0 Å². The van der Waals surface area contributed by atoms with Crippen LogP contribution in [0.5, 0.6) is 0 Å². The Balaban J connectivity index is 2.36. The Kier molecular flexibility index (Phi) is 10.6. The lowest BCUT2D eigenvalue weighted by Gasteiger charge is -2.21. The van der Waals surface area contributed by atoms with Crippen molar-refractivity contribution in [3.63, 3.8) is 0 Å². The molecule has 0 unspecified atom stereocenters. The van der Waals surface area contributed by atoms with Crippen LogP contribution in [-0.2, 0) is 28.8 Å². The Hall–Kier alpha value is -3.04. The molecule has 10 heteroatoms. The molecule has 1 aliphatic heterocycles. The Labute approximate surface area is 181 Å². The first-order chi connectivity index (χ1) is 14.5. The molecule has 4 amide bonds.